The van der Waals surface area contributed by atoms with Crippen LogP contribution in [0.3, 0.4) is 0 Å². The highest BCUT2D eigenvalue weighted by Gasteiger charge is 2.23. The molecule has 1 aromatic heterocycles. The van der Waals surface area contributed by atoms with Gasteiger partial charge in [-0.2, -0.15) is 4.57 Å². The molecule has 0 saturated carbocycles. The quantitative estimate of drug-likeness (QED) is 0.210. The van der Waals surface area contributed by atoms with Crippen LogP contribution >= 0.6 is 0 Å². The Morgan fingerprint density at radius 1 is 0.971 bits per heavy atom. The number of aromatic nitrogens is 1. The molecule has 0 fully saturated rings. The van der Waals surface area contributed by atoms with Crippen molar-refractivity contribution < 1.29 is 23.2 Å². The second-order valence-electron chi connectivity index (χ2n) is 9.59. The van der Waals surface area contributed by atoms with Crippen LogP contribution in [-0.2, 0) is 23.0 Å². The van der Waals surface area contributed by atoms with Crippen LogP contribution in [0.25, 0.3) is 32.9 Å². The summed E-state index contributed by atoms with van der Waals surface area (Å²) in [5, 5.41) is 6.48. The fraction of sp³-hybridized carbons (Fsp3) is 0.310. The van der Waals surface area contributed by atoms with E-state index in [4.69, 9.17) is 9.47 Å². The first-order chi connectivity index (χ1) is 16.7. The Morgan fingerprint density at radius 3 is 2.34 bits per heavy atom. The number of rotatable bonds is 7. The summed E-state index contributed by atoms with van der Waals surface area (Å²) in [4.78, 5) is 12.5. The van der Waals surface area contributed by atoms with Crippen molar-refractivity contribution in [2.45, 2.75) is 32.8 Å². The van der Waals surface area contributed by atoms with Crippen LogP contribution in [-0.4, -0.2) is 31.9 Å². The molecule has 0 amide bonds. The van der Waals surface area contributed by atoms with Crippen LogP contribution in [0.2, 0.25) is 0 Å². The fourth-order valence-electron chi connectivity index (χ4n) is 4.38. The van der Waals surface area contributed by atoms with Crippen molar-refractivity contribution in [3.05, 3.63) is 66.2 Å². The van der Waals surface area contributed by atoms with E-state index in [2.05, 4.69) is 40.2 Å². The van der Waals surface area contributed by atoms with Crippen LogP contribution in [0.1, 0.15) is 26.3 Å². The Bertz CT molecular complexity index is 1380. The molecule has 0 aliphatic heterocycles. The van der Waals surface area contributed by atoms with Gasteiger partial charge in [0, 0.05) is 29.8 Å². The summed E-state index contributed by atoms with van der Waals surface area (Å²) in [6.45, 7) is 5.12. The van der Waals surface area contributed by atoms with Gasteiger partial charge in [0.15, 0.2) is 0 Å². The fourth-order valence-corrected chi connectivity index (χ4v) is 4.38. The zero-order chi connectivity index (χ0) is 25.2. The third-order valence-corrected chi connectivity index (χ3v) is 5.85. The van der Waals surface area contributed by atoms with E-state index in [1.165, 1.54) is 0 Å². The normalized spacial score (nSPS) is 11.6. The molecule has 1 heterocycles. The molecule has 182 valence electrons. The topological polar surface area (TPSA) is 51.4 Å². The lowest BCUT2D eigenvalue weighted by Gasteiger charge is -2.19. The number of nitrogens with zero attached hydrogens (tertiary/aromatic N) is 1. The molecule has 3 aromatic carbocycles. The highest BCUT2D eigenvalue weighted by molar-refractivity contribution is 6.09. The Kier molecular flexibility index (Phi) is 6.92. The average molecular weight is 476 g/mol. The van der Waals surface area contributed by atoms with Gasteiger partial charge >= 0.3 is 5.97 Å². The Hall–Kier alpha value is -3.67. The van der Waals surface area contributed by atoms with E-state index in [1.807, 2.05) is 65.2 Å². The monoisotopic (exact) mass is 475 g/mol. The van der Waals surface area contributed by atoms with Gasteiger partial charge in [-0.15, -0.1) is 0 Å². The van der Waals surface area contributed by atoms with Crippen molar-refractivity contribution in [2.24, 2.45) is 7.05 Å². The van der Waals surface area contributed by atoms with Crippen LogP contribution in [0.15, 0.2) is 60.7 Å². The summed E-state index contributed by atoms with van der Waals surface area (Å²) in [6.07, 6.45) is 0.198. The number of halogens is 1. The third kappa shape index (κ3) is 5.37. The molecule has 1 N–H and O–H groups in total. The van der Waals surface area contributed by atoms with Gasteiger partial charge < -0.3 is 14.8 Å². The maximum atomic E-state index is 12.5. The first-order valence-electron chi connectivity index (χ1n) is 11.8. The summed E-state index contributed by atoms with van der Waals surface area (Å²) in [5.74, 6) is 0.374. The number of benzene rings is 3. The maximum Gasteiger partial charge on any atom is 0.310 e. The van der Waals surface area contributed by atoms with Gasteiger partial charge in [0.05, 0.1) is 17.2 Å². The van der Waals surface area contributed by atoms with E-state index in [9.17, 15) is 9.18 Å². The predicted molar refractivity (Wildman–Crippen MR) is 139 cm³/mol. The SMILES string of the molecule is CNc1ccc2c3ccc(CC(=O)OC(C)(C)C)cc3c(-c3ccc(OCCF)cc3)[n+](C)c2c1. The molecule has 0 unspecified atom stereocenters. The first-order valence-corrected chi connectivity index (χ1v) is 11.8. The number of nitrogens with one attached hydrogen (secondary N) is 1. The largest absolute Gasteiger partial charge is 0.491 e. The molecule has 6 heteroatoms. The lowest BCUT2D eigenvalue weighted by Crippen LogP contribution is -2.32. The second-order valence-corrected chi connectivity index (χ2v) is 9.59. The molecule has 35 heavy (non-hydrogen) atoms. The van der Waals surface area contributed by atoms with Crippen molar-refractivity contribution in [3.8, 4) is 17.0 Å². The maximum absolute atomic E-state index is 12.5. The molecule has 0 aliphatic rings. The molecule has 5 nitrogen and oxygen atoms in total. The molecule has 0 radical (unpaired) electrons. The third-order valence-electron chi connectivity index (χ3n) is 5.85. The number of hydrogen-bond donors (Lipinski definition) is 1. The van der Waals surface area contributed by atoms with E-state index in [0.717, 1.165) is 44.2 Å². The molecule has 0 aliphatic carbocycles. The average Bonchev–Trinajstić information content (AvgIpc) is 2.82. The minimum atomic E-state index is -0.529. The number of fused-ring (bicyclic) bond motifs is 3. The number of alkyl halides is 1. The van der Waals surface area contributed by atoms with Gasteiger partial charge in [0.25, 0.3) is 0 Å². The van der Waals surface area contributed by atoms with E-state index >= 15 is 0 Å². The van der Waals surface area contributed by atoms with Gasteiger partial charge in [-0.1, -0.05) is 12.1 Å². The van der Waals surface area contributed by atoms with Gasteiger partial charge in [-0.3, -0.25) is 4.79 Å². The van der Waals surface area contributed by atoms with E-state index in [1.54, 1.807) is 0 Å². The summed E-state index contributed by atoms with van der Waals surface area (Å²) < 4.78 is 25.7. The Balaban J connectivity index is 1.89. The molecular weight excluding hydrogens is 443 g/mol. The number of hydrogen-bond acceptors (Lipinski definition) is 4. The summed E-state index contributed by atoms with van der Waals surface area (Å²) in [6, 6.07) is 20.1. The second kappa shape index (κ2) is 9.90. The number of carbonyl (C=O) groups excluding carboxylic acids is 1. The molecule has 0 saturated heterocycles. The van der Waals surface area contributed by atoms with Crippen molar-refractivity contribution in [1.29, 1.82) is 0 Å². The van der Waals surface area contributed by atoms with Crippen molar-refractivity contribution >= 4 is 33.3 Å². The summed E-state index contributed by atoms with van der Waals surface area (Å²) in [5.41, 5.74) is 4.48. The number of aryl methyl sites for hydroxylation is 1. The number of anilines is 1. The summed E-state index contributed by atoms with van der Waals surface area (Å²) >= 11 is 0. The van der Waals surface area contributed by atoms with Gasteiger partial charge in [0.1, 0.15) is 31.7 Å². The number of esters is 1. The minimum Gasteiger partial charge on any atom is -0.491 e. The van der Waals surface area contributed by atoms with Crippen LogP contribution in [0, 0.1) is 0 Å². The minimum absolute atomic E-state index is 0.0346. The molecule has 0 bridgehead atoms. The van der Waals surface area contributed by atoms with Crippen LogP contribution in [0.5, 0.6) is 5.75 Å². The molecule has 4 rings (SSSR count). The van der Waals surface area contributed by atoms with Crippen LogP contribution < -0.4 is 14.6 Å². The van der Waals surface area contributed by atoms with E-state index in [0.29, 0.717) is 5.75 Å². The summed E-state index contributed by atoms with van der Waals surface area (Å²) in [7, 11) is 3.95. The highest BCUT2D eigenvalue weighted by Crippen LogP contribution is 2.33. The molecule has 0 spiro atoms. The zero-order valence-corrected chi connectivity index (χ0v) is 20.9. The van der Waals surface area contributed by atoms with E-state index in [-0.39, 0.29) is 19.0 Å². The van der Waals surface area contributed by atoms with Crippen molar-refractivity contribution in [3.63, 3.8) is 0 Å². The van der Waals surface area contributed by atoms with Crippen molar-refractivity contribution in [1.82, 2.24) is 0 Å². The Morgan fingerprint density at radius 2 is 1.69 bits per heavy atom. The Labute approximate surface area is 205 Å². The zero-order valence-electron chi connectivity index (χ0n) is 20.9. The first kappa shape index (κ1) is 24.5. The molecular formula is C29H32FN2O3+. The standard InChI is InChI=1S/C29H31FN2O3/c1-29(2,3)35-27(33)17-19-6-12-23-24-13-9-21(31-4)18-26(24)32(5)28(25(23)16-19)20-7-10-22(11-8-20)34-15-14-30/h6-13,16,18H,14-15,17H2,1-5H3/p+1. The molecule has 0 atom stereocenters. The smallest absolute Gasteiger partial charge is 0.310 e. The van der Waals surface area contributed by atoms with Crippen LogP contribution in [0.4, 0.5) is 10.1 Å². The van der Waals surface area contributed by atoms with Crippen molar-refractivity contribution in [2.75, 3.05) is 25.6 Å². The molecule has 4 aromatic rings. The number of carbonyl (C=O) groups is 1. The van der Waals surface area contributed by atoms with Gasteiger partial charge in [-0.05, 0) is 68.8 Å². The van der Waals surface area contributed by atoms with Gasteiger partial charge in [0.2, 0.25) is 11.2 Å². The lowest BCUT2D eigenvalue weighted by molar-refractivity contribution is -0.632. The van der Waals surface area contributed by atoms with Gasteiger partial charge in [-0.25, -0.2) is 4.39 Å². The van der Waals surface area contributed by atoms with E-state index < -0.39 is 12.3 Å². The number of pyridine rings is 1. The highest BCUT2D eigenvalue weighted by atomic mass is 19.1. The predicted octanol–water partition coefficient (Wildman–Crippen LogP) is 5.76. The lowest BCUT2D eigenvalue weighted by atomic mass is 9.96. The number of ether oxygens (including phenoxy) is 2.